The minimum atomic E-state index is 0.379. The molecule has 1 N–H and O–H groups in total. The van der Waals surface area contributed by atoms with Gasteiger partial charge in [0, 0.05) is 11.6 Å². The van der Waals surface area contributed by atoms with Crippen molar-refractivity contribution in [1.82, 2.24) is 0 Å². The Morgan fingerprint density at radius 2 is 2.15 bits per heavy atom. The van der Waals surface area contributed by atoms with Gasteiger partial charge in [0.2, 0.25) is 0 Å². The highest BCUT2D eigenvalue weighted by Crippen LogP contribution is 2.36. The summed E-state index contributed by atoms with van der Waals surface area (Å²) in [6, 6.07) is 0. The zero-order valence-corrected chi connectivity index (χ0v) is 9.28. The quantitative estimate of drug-likeness (QED) is 0.633. The zero-order chi connectivity index (χ0) is 10.1. The second kappa shape index (κ2) is 3.65. The SMILES string of the molecule is CCC1CC(C)(C)CC(C)=CC1=N. The fourth-order valence-electron chi connectivity index (χ4n) is 2.40. The van der Waals surface area contributed by atoms with Gasteiger partial charge in [0.15, 0.2) is 0 Å². The van der Waals surface area contributed by atoms with E-state index in [-0.39, 0.29) is 0 Å². The van der Waals surface area contributed by atoms with Crippen molar-refractivity contribution < 1.29 is 0 Å². The summed E-state index contributed by atoms with van der Waals surface area (Å²) in [4.78, 5) is 0. The van der Waals surface area contributed by atoms with Gasteiger partial charge in [-0.25, -0.2) is 0 Å². The van der Waals surface area contributed by atoms with Gasteiger partial charge in [-0.3, -0.25) is 0 Å². The van der Waals surface area contributed by atoms with Crippen LogP contribution in [0.5, 0.6) is 0 Å². The summed E-state index contributed by atoms with van der Waals surface area (Å²) >= 11 is 0. The Hall–Kier alpha value is -0.590. The molecule has 0 fully saturated rings. The molecule has 74 valence electrons. The molecule has 0 bridgehead atoms. The lowest BCUT2D eigenvalue weighted by molar-refractivity contribution is 0.299. The maximum Gasteiger partial charge on any atom is 0.0344 e. The highest BCUT2D eigenvalue weighted by atomic mass is 14.5. The Morgan fingerprint density at radius 1 is 1.54 bits per heavy atom. The van der Waals surface area contributed by atoms with Gasteiger partial charge in [-0.2, -0.15) is 0 Å². The molecule has 0 aliphatic heterocycles. The van der Waals surface area contributed by atoms with Crippen molar-refractivity contribution in [1.29, 1.82) is 5.41 Å². The minimum absolute atomic E-state index is 0.379. The van der Waals surface area contributed by atoms with Crippen molar-refractivity contribution in [2.75, 3.05) is 0 Å². The van der Waals surface area contributed by atoms with Crippen LogP contribution in [0.15, 0.2) is 11.6 Å². The molecule has 1 rings (SSSR count). The van der Waals surface area contributed by atoms with Crippen LogP contribution in [0, 0.1) is 16.7 Å². The molecule has 1 aliphatic rings. The van der Waals surface area contributed by atoms with E-state index in [1.807, 2.05) is 0 Å². The third kappa shape index (κ3) is 2.68. The molecule has 1 unspecified atom stereocenters. The lowest BCUT2D eigenvalue weighted by Gasteiger charge is -2.26. The molecule has 0 spiro atoms. The summed E-state index contributed by atoms with van der Waals surface area (Å²) in [6.07, 6.45) is 5.48. The van der Waals surface area contributed by atoms with E-state index >= 15 is 0 Å². The van der Waals surface area contributed by atoms with E-state index in [0.29, 0.717) is 11.3 Å². The van der Waals surface area contributed by atoms with Crippen LogP contribution in [0.1, 0.15) is 47.0 Å². The smallest absolute Gasteiger partial charge is 0.0344 e. The first kappa shape index (κ1) is 10.5. The van der Waals surface area contributed by atoms with Gasteiger partial charge in [0.1, 0.15) is 0 Å². The third-order valence-electron chi connectivity index (χ3n) is 2.89. The van der Waals surface area contributed by atoms with Crippen molar-refractivity contribution in [3.05, 3.63) is 11.6 Å². The lowest BCUT2D eigenvalue weighted by atomic mass is 9.79. The summed E-state index contributed by atoms with van der Waals surface area (Å²) in [5.41, 5.74) is 2.58. The van der Waals surface area contributed by atoms with Gasteiger partial charge in [0.05, 0.1) is 0 Å². The molecular formula is C12H21N. The third-order valence-corrected chi connectivity index (χ3v) is 2.89. The molecule has 13 heavy (non-hydrogen) atoms. The van der Waals surface area contributed by atoms with Crippen molar-refractivity contribution in [2.24, 2.45) is 11.3 Å². The largest absolute Gasteiger partial charge is 0.305 e. The first-order chi connectivity index (χ1) is 5.94. The molecule has 0 aromatic rings. The van der Waals surface area contributed by atoms with Crippen LogP contribution in [-0.2, 0) is 0 Å². The van der Waals surface area contributed by atoms with E-state index in [0.717, 1.165) is 25.0 Å². The first-order valence-electron chi connectivity index (χ1n) is 5.20. The van der Waals surface area contributed by atoms with Crippen molar-refractivity contribution >= 4 is 5.71 Å². The van der Waals surface area contributed by atoms with Crippen LogP contribution in [0.25, 0.3) is 0 Å². The predicted octanol–water partition coefficient (Wildman–Crippen LogP) is 3.80. The highest BCUT2D eigenvalue weighted by molar-refractivity contribution is 5.95. The summed E-state index contributed by atoms with van der Waals surface area (Å²) in [6.45, 7) is 8.95. The second-order valence-electron chi connectivity index (χ2n) is 5.10. The molecule has 1 nitrogen and oxygen atoms in total. The van der Waals surface area contributed by atoms with Crippen molar-refractivity contribution in [3.8, 4) is 0 Å². The molecule has 1 atom stereocenters. The molecule has 0 aromatic carbocycles. The highest BCUT2D eigenvalue weighted by Gasteiger charge is 2.27. The maximum atomic E-state index is 7.92. The van der Waals surface area contributed by atoms with E-state index in [9.17, 15) is 0 Å². The van der Waals surface area contributed by atoms with E-state index in [2.05, 4.69) is 33.8 Å². The molecule has 0 heterocycles. The van der Waals surface area contributed by atoms with Crippen LogP contribution in [-0.4, -0.2) is 5.71 Å². The van der Waals surface area contributed by atoms with E-state index in [1.165, 1.54) is 5.57 Å². The Kier molecular flexibility index (Phi) is 2.94. The summed E-state index contributed by atoms with van der Waals surface area (Å²) < 4.78 is 0. The van der Waals surface area contributed by atoms with Crippen LogP contribution in [0.2, 0.25) is 0 Å². The summed E-state index contributed by atoms with van der Waals surface area (Å²) in [5.74, 6) is 0.479. The fourth-order valence-corrected chi connectivity index (χ4v) is 2.40. The van der Waals surface area contributed by atoms with Crippen molar-refractivity contribution in [2.45, 2.75) is 47.0 Å². The van der Waals surface area contributed by atoms with E-state index in [4.69, 9.17) is 5.41 Å². The van der Waals surface area contributed by atoms with E-state index < -0.39 is 0 Å². The fraction of sp³-hybridized carbons (Fsp3) is 0.750. The van der Waals surface area contributed by atoms with E-state index in [1.54, 1.807) is 0 Å². The second-order valence-corrected chi connectivity index (χ2v) is 5.10. The number of nitrogens with one attached hydrogen (secondary N) is 1. The average molecular weight is 179 g/mol. The van der Waals surface area contributed by atoms with Gasteiger partial charge < -0.3 is 5.41 Å². The maximum absolute atomic E-state index is 7.92. The van der Waals surface area contributed by atoms with Gasteiger partial charge in [0.25, 0.3) is 0 Å². The summed E-state index contributed by atoms with van der Waals surface area (Å²) in [7, 11) is 0. The molecule has 1 aliphatic carbocycles. The standard InChI is InChI=1S/C12H21N/c1-5-10-8-12(3,4)7-9(2)6-11(10)13/h6,10,13H,5,7-8H2,1-4H3. The first-order valence-corrected chi connectivity index (χ1v) is 5.20. The van der Waals surface area contributed by atoms with Crippen LogP contribution >= 0.6 is 0 Å². The van der Waals surface area contributed by atoms with Crippen molar-refractivity contribution in [3.63, 3.8) is 0 Å². The predicted molar refractivity (Wildman–Crippen MR) is 58.3 cm³/mol. The molecule has 0 amide bonds. The minimum Gasteiger partial charge on any atom is -0.305 e. The number of hydrogen-bond acceptors (Lipinski definition) is 1. The van der Waals surface area contributed by atoms with Crippen LogP contribution < -0.4 is 0 Å². The number of hydrogen-bond donors (Lipinski definition) is 1. The van der Waals surface area contributed by atoms with Gasteiger partial charge in [-0.1, -0.05) is 26.3 Å². The average Bonchev–Trinajstić information content (AvgIpc) is 2.06. The van der Waals surface area contributed by atoms with Crippen LogP contribution in [0.3, 0.4) is 0 Å². The molecule has 0 radical (unpaired) electrons. The topological polar surface area (TPSA) is 23.9 Å². The Labute approximate surface area is 81.7 Å². The lowest BCUT2D eigenvalue weighted by Crippen LogP contribution is -2.18. The molecule has 0 saturated heterocycles. The van der Waals surface area contributed by atoms with Crippen LogP contribution in [0.4, 0.5) is 0 Å². The monoisotopic (exact) mass is 179 g/mol. The normalized spacial score (nSPS) is 28.2. The Bertz CT molecular complexity index is 236. The Balaban J connectivity index is 2.88. The summed E-state index contributed by atoms with van der Waals surface area (Å²) in [5, 5.41) is 7.92. The number of allylic oxidation sites excluding steroid dienone is 2. The van der Waals surface area contributed by atoms with Gasteiger partial charge in [-0.15, -0.1) is 0 Å². The van der Waals surface area contributed by atoms with Gasteiger partial charge >= 0.3 is 0 Å². The zero-order valence-electron chi connectivity index (χ0n) is 9.28. The molecule has 0 aromatic heterocycles. The Morgan fingerprint density at radius 3 is 2.69 bits per heavy atom. The number of rotatable bonds is 1. The molecule has 0 saturated carbocycles. The van der Waals surface area contributed by atoms with Gasteiger partial charge in [-0.05, 0) is 37.7 Å². The molecular weight excluding hydrogens is 158 g/mol. The molecule has 1 heteroatoms.